The van der Waals surface area contributed by atoms with Crippen molar-refractivity contribution in [3.05, 3.63) is 11.5 Å². The minimum atomic E-state index is -1.74. The fourth-order valence-electron chi connectivity index (χ4n) is 3.07. The lowest BCUT2D eigenvalue weighted by molar-refractivity contribution is -0.131. The van der Waals surface area contributed by atoms with Crippen LogP contribution in [0.25, 0.3) is 0 Å². The summed E-state index contributed by atoms with van der Waals surface area (Å²) in [5, 5.41) is 0.201. The normalized spacial score (nSPS) is 22.4. The van der Waals surface area contributed by atoms with Gasteiger partial charge in [0.1, 0.15) is 0 Å². The van der Waals surface area contributed by atoms with Crippen molar-refractivity contribution in [2.24, 2.45) is 0 Å². The maximum absolute atomic E-state index is 12.7. The van der Waals surface area contributed by atoms with Gasteiger partial charge < -0.3 is 18.6 Å². The zero-order valence-electron chi connectivity index (χ0n) is 19.5. The molecule has 0 radical (unpaired) electrons. The van der Waals surface area contributed by atoms with E-state index in [2.05, 4.69) is 67.6 Å². The quantitative estimate of drug-likeness (QED) is 0.476. The first kappa shape index (κ1) is 23.6. The summed E-state index contributed by atoms with van der Waals surface area (Å²) in [6.07, 6.45) is 4.33. The number of amides is 1. The molecule has 1 amide bonds. The highest BCUT2D eigenvalue weighted by molar-refractivity contribution is 6.74. The van der Waals surface area contributed by atoms with E-state index in [0.717, 1.165) is 24.9 Å². The highest BCUT2D eigenvalue weighted by Gasteiger charge is 2.52. The predicted octanol–water partition coefficient (Wildman–Crippen LogP) is 4.58. The smallest absolute Gasteiger partial charge is 0.417 e. The predicted molar refractivity (Wildman–Crippen MR) is 118 cm³/mol. The van der Waals surface area contributed by atoms with Crippen LogP contribution in [0.4, 0.5) is 0 Å². The van der Waals surface area contributed by atoms with E-state index in [0.29, 0.717) is 19.6 Å². The van der Waals surface area contributed by atoms with Crippen LogP contribution in [0, 0.1) is 0 Å². The van der Waals surface area contributed by atoms with Gasteiger partial charge in [-0.2, -0.15) is 0 Å². The molecule has 28 heavy (non-hydrogen) atoms. The van der Waals surface area contributed by atoms with Gasteiger partial charge in [-0.1, -0.05) is 26.8 Å². The molecule has 0 aromatic heterocycles. The van der Waals surface area contributed by atoms with Crippen LogP contribution in [-0.4, -0.2) is 57.1 Å². The SMILES string of the molecule is CC1(C)OB(C2=CCCN(C(=O)CCCO[Si](C)(C)C(C)(C)C)C2)OC1(C)C. The second-order valence-corrected chi connectivity index (χ2v) is 15.5. The number of carbonyl (C=O) groups is 1. The van der Waals surface area contributed by atoms with Gasteiger partial charge in [-0.25, -0.2) is 0 Å². The third kappa shape index (κ3) is 5.29. The van der Waals surface area contributed by atoms with Gasteiger partial charge in [0.2, 0.25) is 5.91 Å². The molecular formula is C21H40BNO4Si. The van der Waals surface area contributed by atoms with Gasteiger partial charge in [-0.05, 0) is 64.1 Å². The summed E-state index contributed by atoms with van der Waals surface area (Å²) in [6, 6.07) is 0. The molecule has 5 nitrogen and oxygen atoms in total. The molecule has 0 N–H and O–H groups in total. The molecule has 0 spiro atoms. The second-order valence-electron chi connectivity index (χ2n) is 10.7. The van der Waals surface area contributed by atoms with Crippen LogP contribution in [0.15, 0.2) is 11.5 Å². The fourth-order valence-corrected chi connectivity index (χ4v) is 4.16. The molecule has 2 heterocycles. The summed E-state index contributed by atoms with van der Waals surface area (Å²) in [7, 11) is -2.10. The minimum absolute atomic E-state index is 0.195. The number of hydrogen-bond acceptors (Lipinski definition) is 4. The Balaban J connectivity index is 1.82. The minimum Gasteiger partial charge on any atom is -0.417 e. The van der Waals surface area contributed by atoms with Crippen LogP contribution in [0.2, 0.25) is 18.1 Å². The van der Waals surface area contributed by atoms with E-state index in [4.69, 9.17) is 13.7 Å². The highest BCUT2D eigenvalue weighted by Crippen LogP contribution is 2.39. The molecule has 0 aromatic rings. The van der Waals surface area contributed by atoms with E-state index < -0.39 is 8.32 Å². The summed E-state index contributed by atoms with van der Waals surface area (Å²) in [6.45, 7) is 21.5. The lowest BCUT2D eigenvalue weighted by atomic mass is 9.76. The van der Waals surface area contributed by atoms with Crippen molar-refractivity contribution < 1.29 is 18.5 Å². The summed E-state index contributed by atoms with van der Waals surface area (Å²) in [5.74, 6) is 0.195. The van der Waals surface area contributed by atoms with Crippen molar-refractivity contribution in [3.63, 3.8) is 0 Å². The fraction of sp³-hybridized carbons (Fsp3) is 0.857. The Kier molecular flexibility index (Phi) is 6.97. The lowest BCUT2D eigenvalue weighted by Gasteiger charge is -2.36. The third-order valence-corrected chi connectivity index (χ3v) is 11.4. The topological polar surface area (TPSA) is 48.0 Å². The van der Waals surface area contributed by atoms with Crippen molar-refractivity contribution in [1.82, 2.24) is 4.90 Å². The summed E-state index contributed by atoms with van der Waals surface area (Å²) in [4.78, 5) is 14.6. The van der Waals surface area contributed by atoms with Crippen LogP contribution in [0.5, 0.6) is 0 Å². The van der Waals surface area contributed by atoms with Crippen LogP contribution >= 0.6 is 0 Å². The monoisotopic (exact) mass is 409 g/mol. The molecule has 0 aromatic carbocycles. The van der Waals surface area contributed by atoms with E-state index in [1.165, 1.54) is 0 Å². The summed E-state index contributed by atoms with van der Waals surface area (Å²) in [5.41, 5.74) is 0.355. The largest absolute Gasteiger partial charge is 0.492 e. The van der Waals surface area contributed by atoms with Gasteiger partial charge in [0.05, 0.1) is 11.2 Å². The number of nitrogens with zero attached hydrogens (tertiary/aromatic N) is 1. The highest BCUT2D eigenvalue weighted by atomic mass is 28.4. The molecule has 2 aliphatic heterocycles. The van der Waals surface area contributed by atoms with Crippen LogP contribution in [-0.2, 0) is 18.5 Å². The summed E-state index contributed by atoms with van der Waals surface area (Å²) < 4.78 is 18.5. The molecule has 0 atom stereocenters. The van der Waals surface area contributed by atoms with Crippen LogP contribution in [0.1, 0.15) is 67.7 Å². The maximum atomic E-state index is 12.7. The number of rotatable bonds is 6. The molecule has 7 heteroatoms. The Bertz CT molecular complexity index is 594. The van der Waals surface area contributed by atoms with Crippen LogP contribution in [0.3, 0.4) is 0 Å². The molecule has 160 valence electrons. The molecule has 0 bridgehead atoms. The second kappa shape index (κ2) is 8.25. The van der Waals surface area contributed by atoms with Crippen molar-refractivity contribution in [2.75, 3.05) is 19.7 Å². The first-order valence-corrected chi connectivity index (χ1v) is 13.5. The van der Waals surface area contributed by atoms with Crippen molar-refractivity contribution in [2.45, 2.75) is 97.1 Å². The van der Waals surface area contributed by atoms with Crippen molar-refractivity contribution >= 4 is 21.3 Å². The maximum Gasteiger partial charge on any atom is 0.492 e. The first-order chi connectivity index (χ1) is 12.7. The van der Waals surface area contributed by atoms with E-state index in [1.807, 2.05) is 4.90 Å². The molecule has 2 aliphatic rings. The lowest BCUT2D eigenvalue weighted by Crippen LogP contribution is -2.41. The zero-order chi connectivity index (χ0) is 21.4. The molecule has 1 saturated heterocycles. The Labute approximate surface area is 173 Å². The molecule has 0 aliphatic carbocycles. The average Bonchev–Trinajstić information content (AvgIpc) is 2.78. The molecule has 0 unspecified atom stereocenters. The van der Waals surface area contributed by atoms with E-state index in [-0.39, 0.29) is 29.3 Å². The van der Waals surface area contributed by atoms with Gasteiger partial charge in [-0.3, -0.25) is 4.79 Å². The molecule has 1 fully saturated rings. The van der Waals surface area contributed by atoms with Gasteiger partial charge >= 0.3 is 7.12 Å². The number of carbonyl (C=O) groups excluding carboxylic acids is 1. The first-order valence-electron chi connectivity index (χ1n) is 10.6. The average molecular weight is 409 g/mol. The third-order valence-electron chi connectivity index (χ3n) is 6.89. The van der Waals surface area contributed by atoms with Gasteiger partial charge in [-0.15, -0.1) is 0 Å². The Morgan fingerprint density at radius 3 is 2.32 bits per heavy atom. The van der Waals surface area contributed by atoms with Crippen molar-refractivity contribution in [1.29, 1.82) is 0 Å². The van der Waals surface area contributed by atoms with E-state index in [1.54, 1.807) is 0 Å². The van der Waals surface area contributed by atoms with Gasteiger partial charge in [0.15, 0.2) is 8.32 Å². The Morgan fingerprint density at radius 1 is 1.21 bits per heavy atom. The molecule has 0 saturated carbocycles. The Hall–Kier alpha value is -0.628. The Morgan fingerprint density at radius 2 is 1.79 bits per heavy atom. The molecule has 2 rings (SSSR count). The van der Waals surface area contributed by atoms with Crippen LogP contribution < -0.4 is 0 Å². The van der Waals surface area contributed by atoms with Crippen molar-refractivity contribution in [3.8, 4) is 0 Å². The molecular weight excluding hydrogens is 369 g/mol. The zero-order valence-corrected chi connectivity index (χ0v) is 20.5. The van der Waals surface area contributed by atoms with E-state index in [9.17, 15) is 4.79 Å². The van der Waals surface area contributed by atoms with E-state index >= 15 is 0 Å². The van der Waals surface area contributed by atoms with Gasteiger partial charge in [0.25, 0.3) is 0 Å². The summed E-state index contributed by atoms with van der Waals surface area (Å²) >= 11 is 0. The standard InChI is InChI=1S/C21H40BNO4Si/c1-19(2,3)28(8,9)25-15-11-13-18(24)23-14-10-12-17(16-23)22-26-20(4,5)21(6,7)27-22/h12H,10-11,13-16H2,1-9H3. The number of hydrogen-bond donors (Lipinski definition) is 0. The van der Waals surface area contributed by atoms with Gasteiger partial charge in [0, 0.05) is 26.1 Å².